The van der Waals surface area contributed by atoms with E-state index in [1.807, 2.05) is 11.9 Å². The Bertz CT molecular complexity index is 947. The standard InChI is InChI=1S/C19H21F3N6O2/c1-10-14-16(28(2)15(12-4-5-12)17(29)26-14)27-18(25-10)24-8-11-3-6-13(23-7-11)30-9-19(20,21)22/h3,6-7,12,15H,4-5,8-9H2,1-2H3,(H,26,29)(H,24,25,27)/t15-/m0/s1. The van der Waals surface area contributed by atoms with Crippen molar-refractivity contribution >= 4 is 23.4 Å². The number of aromatic nitrogens is 3. The number of rotatable bonds is 6. The van der Waals surface area contributed by atoms with Crippen molar-refractivity contribution in [2.45, 2.75) is 38.5 Å². The number of carbonyl (C=O) groups is 1. The number of aryl methyl sites for hydroxylation is 1. The van der Waals surface area contributed by atoms with Crippen molar-refractivity contribution in [3.8, 4) is 5.88 Å². The minimum atomic E-state index is -4.41. The summed E-state index contributed by atoms with van der Waals surface area (Å²) in [6.07, 6.45) is -0.917. The molecule has 0 bridgehead atoms. The summed E-state index contributed by atoms with van der Waals surface area (Å²) in [5, 5.41) is 6.02. The fourth-order valence-corrected chi connectivity index (χ4v) is 3.42. The van der Waals surface area contributed by atoms with Gasteiger partial charge in [-0.05, 0) is 31.2 Å². The van der Waals surface area contributed by atoms with Gasteiger partial charge in [-0.3, -0.25) is 4.79 Å². The molecule has 1 amide bonds. The van der Waals surface area contributed by atoms with E-state index in [2.05, 4.69) is 30.3 Å². The first-order valence-electron chi connectivity index (χ1n) is 9.52. The Labute approximate surface area is 170 Å². The number of hydrogen-bond donors (Lipinski definition) is 2. The molecule has 30 heavy (non-hydrogen) atoms. The van der Waals surface area contributed by atoms with Crippen molar-refractivity contribution in [2.75, 3.05) is 29.2 Å². The fraction of sp³-hybridized carbons (Fsp3) is 0.474. The molecule has 1 aliphatic carbocycles. The number of hydrogen-bond acceptors (Lipinski definition) is 7. The summed E-state index contributed by atoms with van der Waals surface area (Å²) in [5.74, 6) is 1.27. The SMILES string of the molecule is Cc1nc(NCc2ccc(OCC(F)(F)F)nc2)nc2c1NC(=O)[C@H](C1CC1)N2C. The average molecular weight is 422 g/mol. The molecule has 0 aromatic carbocycles. The summed E-state index contributed by atoms with van der Waals surface area (Å²) in [6, 6.07) is 2.77. The van der Waals surface area contributed by atoms with Crippen LogP contribution < -0.4 is 20.3 Å². The predicted molar refractivity (Wildman–Crippen MR) is 103 cm³/mol. The topological polar surface area (TPSA) is 92.3 Å². The molecule has 160 valence electrons. The summed E-state index contributed by atoms with van der Waals surface area (Å²) < 4.78 is 41.2. The van der Waals surface area contributed by atoms with Crippen LogP contribution in [0.1, 0.15) is 24.1 Å². The Morgan fingerprint density at radius 1 is 1.30 bits per heavy atom. The number of carbonyl (C=O) groups excluding carboxylic acids is 1. The summed E-state index contributed by atoms with van der Waals surface area (Å²) in [5.41, 5.74) is 1.98. The molecule has 1 saturated carbocycles. The molecule has 8 nitrogen and oxygen atoms in total. The number of anilines is 3. The summed E-state index contributed by atoms with van der Waals surface area (Å²) >= 11 is 0. The molecule has 0 unspecified atom stereocenters. The molecule has 11 heteroatoms. The van der Waals surface area contributed by atoms with E-state index < -0.39 is 12.8 Å². The van der Waals surface area contributed by atoms with E-state index in [1.54, 1.807) is 13.0 Å². The maximum Gasteiger partial charge on any atom is 0.422 e. The number of amides is 1. The van der Waals surface area contributed by atoms with Gasteiger partial charge in [0.2, 0.25) is 17.7 Å². The van der Waals surface area contributed by atoms with Crippen LogP contribution >= 0.6 is 0 Å². The zero-order valence-corrected chi connectivity index (χ0v) is 16.5. The number of nitrogens with zero attached hydrogens (tertiary/aromatic N) is 4. The Hall–Kier alpha value is -3.11. The van der Waals surface area contributed by atoms with Gasteiger partial charge in [-0.15, -0.1) is 0 Å². The van der Waals surface area contributed by atoms with Gasteiger partial charge >= 0.3 is 6.18 Å². The molecular weight excluding hydrogens is 401 g/mol. The number of nitrogens with one attached hydrogen (secondary N) is 2. The number of halogens is 3. The van der Waals surface area contributed by atoms with Crippen LogP contribution in [0.2, 0.25) is 0 Å². The van der Waals surface area contributed by atoms with Gasteiger partial charge in [0.05, 0.1) is 5.69 Å². The van der Waals surface area contributed by atoms with E-state index >= 15 is 0 Å². The monoisotopic (exact) mass is 422 g/mol. The molecule has 1 aliphatic heterocycles. The van der Waals surface area contributed by atoms with Crippen molar-refractivity contribution in [3.63, 3.8) is 0 Å². The molecule has 2 aromatic heterocycles. The molecule has 0 spiro atoms. The lowest BCUT2D eigenvalue weighted by molar-refractivity contribution is -0.154. The Balaban J connectivity index is 1.43. The van der Waals surface area contributed by atoms with Crippen LogP contribution in [0.15, 0.2) is 18.3 Å². The molecular formula is C19H21F3N6O2. The third-order valence-corrected chi connectivity index (χ3v) is 5.04. The van der Waals surface area contributed by atoms with Gasteiger partial charge in [0, 0.05) is 25.9 Å². The molecule has 3 heterocycles. The van der Waals surface area contributed by atoms with E-state index in [9.17, 15) is 18.0 Å². The highest BCUT2D eigenvalue weighted by molar-refractivity contribution is 6.03. The number of fused-ring (bicyclic) bond motifs is 1. The van der Waals surface area contributed by atoms with E-state index in [-0.39, 0.29) is 17.8 Å². The molecule has 1 atom stereocenters. The van der Waals surface area contributed by atoms with E-state index in [0.717, 1.165) is 18.4 Å². The highest BCUT2D eigenvalue weighted by Gasteiger charge is 2.43. The number of pyridine rings is 1. The van der Waals surface area contributed by atoms with Gasteiger partial charge < -0.3 is 20.3 Å². The largest absolute Gasteiger partial charge is 0.468 e. The lowest BCUT2D eigenvalue weighted by atomic mass is 10.1. The van der Waals surface area contributed by atoms with Crippen molar-refractivity contribution < 1.29 is 22.7 Å². The van der Waals surface area contributed by atoms with Crippen LogP contribution in [0.25, 0.3) is 0 Å². The fourth-order valence-electron chi connectivity index (χ4n) is 3.42. The van der Waals surface area contributed by atoms with Gasteiger partial charge in [-0.2, -0.15) is 18.2 Å². The second-order valence-corrected chi connectivity index (χ2v) is 7.48. The average Bonchev–Trinajstić information content (AvgIpc) is 3.51. The maximum absolute atomic E-state index is 12.4. The minimum absolute atomic E-state index is 0.0289. The second kappa shape index (κ2) is 7.62. The predicted octanol–water partition coefficient (Wildman–Crippen LogP) is 2.90. The van der Waals surface area contributed by atoms with Gasteiger partial charge in [0.15, 0.2) is 12.4 Å². The van der Waals surface area contributed by atoms with Crippen LogP contribution in [0, 0.1) is 12.8 Å². The van der Waals surface area contributed by atoms with Crippen molar-refractivity contribution in [2.24, 2.45) is 5.92 Å². The molecule has 1 fully saturated rings. The van der Waals surface area contributed by atoms with E-state index in [4.69, 9.17) is 0 Å². The van der Waals surface area contributed by atoms with Crippen molar-refractivity contribution in [1.82, 2.24) is 15.0 Å². The van der Waals surface area contributed by atoms with E-state index in [0.29, 0.717) is 35.6 Å². The van der Waals surface area contributed by atoms with Crippen LogP contribution in [0.4, 0.5) is 30.6 Å². The normalized spacial score (nSPS) is 18.6. The first-order valence-corrected chi connectivity index (χ1v) is 9.52. The quantitative estimate of drug-likeness (QED) is 0.740. The van der Waals surface area contributed by atoms with Gasteiger partial charge in [-0.25, -0.2) is 9.97 Å². The molecule has 2 aromatic rings. The van der Waals surface area contributed by atoms with Crippen molar-refractivity contribution in [1.29, 1.82) is 0 Å². The Kier molecular flexibility index (Phi) is 5.12. The minimum Gasteiger partial charge on any atom is -0.468 e. The van der Waals surface area contributed by atoms with Crippen LogP contribution in [-0.4, -0.2) is 46.7 Å². The Morgan fingerprint density at radius 3 is 2.70 bits per heavy atom. The van der Waals surface area contributed by atoms with Crippen LogP contribution in [0.5, 0.6) is 5.88 Å². The molecule has 2 aliphatic rings. The molecule has 0 saturated heterocycles. The second-order valence-electron chi connectivity index (χ2n) is 7.48. The van der Waals surface area contributed by atoms with E-state index in [1.165, 1.54) is 12.3 Å². The highest BCUT2D eigenvalue weighted by Crippen LogP contribution is 2.41. The number of likely N-dealkylation sites (N-methyl/N-ethyl adjacent to an activating group) is 1. The van der Waals surface area contributed by atoms with Gasteiger partial charge in [0.25, 0.3) is 0 Å². The lowest BCUT2D eigenvalue weighted by Gasteiger charge is -2.35. The molecule has 2 N–H and O–H groups in total. The first-order chi connectivity index (χ1) is 14.2. The number of ether oxygens (including phenoxy) is 1. The summed E-state index contributed by atoms with van der Waals surface area (Å²) in [6.45, 7) is 0.740. The Morgan fingerprint density at radius 2 is 2.07 bits per heavy atom. The number of alkyl halides is 3. The zero-order chi connectivity index (χ0) is 21.5. The van der Waals surface area contributed by atoms with Crippen LogP contribution in [0.3, 0.4) is 0 Å². The van der Waals surface area contributed by atoms with Crippen molar-refractivity contribution in [3.05, 3.63) is 29.6 Å². The third-order valence-electron chi connectivity index (χ3n) is 5.04. The van der Waals surface area contributed by atoms with Gasteiger partial charge in [0.1, 0.15) is 11.7 Å². The van der Waals surface area contributed by atoms with Crippen LogP contribution in [-0.2, 0) is 11.3 Å². The molecule has 0 radical (unpaired) electrons. The summed E-state index contributed by atoms with van der Waals surface area (Å²) in [4.78, 5) is 27.2. The summed E-state index contributed by atoms with van der Waals surface area (Å²) in [7, 11) is 1.86. The first kappa shape index (κ1) is 20.2. The third kappa shape index (κ3) is 4.39. The van der Waals surface area contributed by atoms with Gasteiger partial charge in [-0.1, -0.05) is 6.07 Å². The maximum atomic E-state index is 12.4. The smallest absolute Gasteiger partial charge is 0.422 e. The molecule has 4 rings (SSSR count). The lowest BCUT2D eigenvalue weighted by Crippen LogP contribution is -2.48. The zero-order valence-electron chi connectivity index (χ0n) is 16.5. The highest BCUT2D eigenvalue weighted by atomic mass is 19.4.